The molecule has 0 saturated heterocycles. The van der Waals surface area contributed by atoms with Gasteiger partial charge in [-0.05, 0) is 57.0 Å². The number of hydrogen-bond acceptors (Lipinski definition) is 1. The largest absolute Gasteiger partial charge is 0.289 e. The standard InChI is InChI=1S/C23H28O/c1-8-14-11-19(23(5,6)7)16-9-10-20(24)18-13-15(22(2,3)4)12-17(14)21(16)18/h9-13H,8H2,1-7H3. The summed E-state index contributed by atoms with van der Waals surface area (Å²) in [5.74, 6) is 0.131. The molecule has 0 spiro atoms. The van der Waals surface area contributed by atoms with Crippen LogP contribution in [0.15, 0.2) is 24.3 Å². The van der Waals surface area contributed by atoms with Crippen LogP contribution in [-0.2, 0) is 17.3 Å². The molecule has 1 nitrogen and oxygen atoms in total. The average molecular weight is 320 g/mol. The maximum absolute atomic E-state index is 12.6. The average Bonchev–Trinajstić information content (AvgIpc) is 2.48. The van der Waals surface area contributed by atoms with E-state index >= 15 is 0 Å². The second-order valence-electron chi connectivity index (χ2n) is 8.99. The monoisotopic (exact) mass is 320 g/mol. The molecule has 0 bridgehead atoms. The van der Waals surface area contributed by atoms with E-state index in [-0.39, 0.29) is 16.6 Å². The summed E-state index contributed by atoms with van der Waals surface area (Å²) in [6.45, 7) is 15.6. The van der Waals surface area contributed by atoms with E-state index in [1.807, 2.05) is 6.08 Å². The van der Waals surface area contributed by atoms with Crippen LogP contribution in [0.4, 0.5) is 0 Å². The SMILES string of the molecule is CCc1cc(C(C)(C)C)c2c3c(cc(C(C)(C)C)cc13)C(=O)C=C2. The van der Waals surface area contributed by atoms with Crippen LogP contribution >= 0.6 is 0 Å². The molecule has 0 unspecified atom stereocenters. The van der Waals surface area contributed by atoms with Crippen LogP contribution < -0.4 is 0 Å². The number of benzene rings is 2. The molecule has 0 heterocycles. The molecule has 0 atom stereocenters. The number of ketones is 1. The van der Waals surface area contributed by atoms with Crippen molar-refractivity contribution in [2.75, 3.05) is 0 Å². The number of hydrogen-bond donors (Lipinski definition) is 0. The fourth-order valence-corrected chi connectivity index (χ4v) is 3.61. The summed E-state index contributed by atoms with van der Waals surface area (Å²) in [6.07, 6.45) is 4.74. The Morgan fingerprint density at radius 3 is 2.08 bits per heavy atom. The Kier molecular flexibility index (Phi) is 3.75. The van der Waals surface area contributed by atoms with E-state index in [2.05, 4.69) is 66.7 Å². The van der Waals surface area contributed by atoms with Gasteiger partial charge in [-0.25, -0.2) is 0 Å². The van der Waals surface area contributed by atoms with Gasteiger partial charge in [0.1, 0.15) is 0 Å². The van der Waals surface area contributed by atoms with E-state index in [1.165, 1.54) is 27.6 Å². The van der Waals surface area contributed by atoms with Gasteiger partial charge in [-0.2, -0.15) is 0 Å². The molecule has 0 aromatic heterocycles. The molecule has 0 fully saturated rings. The van der Waals surface area contributed by atoms with Crippen molar-refractivity contribution in [1.82, 2.24) is 0 Å². The van der Waals surface area contributed by atoms with E-state index in [1.54, 1.807) is 6.08 Å². The second-order valence-corrected chi connectivity index (χ2v) is 8.99. The van der Waals surface area contributed by atoms with Crippen molar-refractivity contribution in [3.8, 4) is 0 Å². The number of aryl methyl sites for hydroxylation is 1. The zero-order valence-corrected chi connectivity index (χ0v) is 16.0. The van der Waals surface area contributed by atoms with Crippen molar-refractivity contribution >= 4 is 22.6 Å². The Bertz CT molecular complexity index is 868. The predicted octanol–water partition coefficient (Wildman–Crippen LogP) is 6.21. The molecule has 24 heavy (non-hydrogen) atoms. The molecular weight excluding hydrogens is 292 g/mol. The fraction of sp³-hybridized carbons (Fsp3) is 0.435. The minimum Gasteiger partial charge on any atom is -0.289 e. The molecule has 1 aliphatic rings. The van der Waals surface area contributed by atoms with Crippen molar-refractivity contribution in [3.05, 3.63) is 52.1 Å². The van der Waals surface area contributed by atoms with Gasteiger partial charge < -0.3 is 0 Å². The highest BCUT2D eigenvalue weighted by Gasteiger charge is 2.27. The Labute approximate surface area is 145 Å². The Balaban J connectivity index is 2.52. The van der Waals surface area contributed by atoms with Gasteiger partial charge in [0, 0.05) is 10.9 Å². The molecule has 2 aromatic rings. The van der Waals surface area contributed by atoms with Crippen molar-refractivity contribution in [1.29, 1.82) is 0 Å². The molecule has 0 aliphatic heterocycles. The van der Waals surface area contributed by atoms with Gasteiger partial charge in [-0.3, -0.25) is 4.79 Å². The van der Waals surface area contributed by atoms with Gasteiger partial charge in [0.15, 0.2) is 5.78 Å². The summed E-state index contributed by atoms with van der Waals surface area (Å²) in [4.78, 5) is 12.6. The number of carbonyl (C=O) groups excluding carboxylic acids is 1. The zero-order chi connectivity index (χ0) is 17.9. The molecule has 0 radical (unpaired) electrons. The summed E-state index contributed by atoms with van der Waals surface area (Å²) < 4.78 is 0. The number of allylic oxidation sites excluding steroid dienone is 1. The summed E-state index contributed by atoms with van der Waals surface area (Å²) in [5.41, 5.74) is 6.09. The molecule has 0 N–H and O–H groups in total. The highest BCUT2D eigenvalue weighted by atomic mass is 16.1. The minimum atomic E-state index is 0.0278. The molecule has 2 aromatic carbocycles. The summed E-state index contributed by atoms with van der Waals surface area (Å²) in [6, 6.07) is 6.78. The van der Waals surface area contributed by atoms with Crippen molar-refractivity contribution in [3.63, 3.8) is 0 Å². The summed E-state index contributed by atoms with van der Waals surface area (Å²) >= 11 is 0. The number of rotatable bonds is 1. The molecule has 0 saturated carbocycles. The van der Waals surface area contributed by atoms with Crippen molar-refractivity contribution < 1.29 is 4.79 Å². The predicted molar refractivity (Wildman–Crippen MR) is 104 cm³/mol. The Morgan fingerprint density at radius 1 is 0.875 bits per heavy atom. The molecular formula is C23H28O. The quantitative estimate of drug-likeness (QED) is 0.610. The third kappa shape index (κ3) is 2.60. The van der Waals surface area contributed by atoms with Crippen LogP contribution in [0.1, 0.15) is 81.1 Å². The van der Waals surface area contributed by atoms with Gasteiger partial charge >= 0.3 is 0 Å². The van der Waals surface area contributed by atoms with Crippen molar-refractivity contribution in [2.45, 2.75) is 65.7 Å². The normalized spacial score (nSPS) is 14.5. The fourth-order valence-electron chi connectivity index (χ4n) is 3.61. The molecule has 1 aliphatic carbocycles. The van der Waals surface area contributed by atoms with E-state index in [4.69, 9.17) is 0 Å². The minimum absolute atomic E-state index is 0.0278. The van der Waals surface area contributed by atoms with Crippen LogP contribution in [0, 0.1) is 0 Å². The third-order valence-electron chi connectivity index (χ3n) is 5.08. The van der Waals surface area contributed by atoms with Gasteiger partial charge in [0.2, 0.25) is 0 Å². The maximum Gasteiger partial charge on any atom is 0.186 e. The van der Waals surface area contributed by atoms with Gasteiger partial charge in [-0.1, -0.05) is 66.7 Å². The van der Waals surface area contributed by atoms with Crippen LogP contribution in [0.25, 0.3) is 16.8 Å². The third-order valence-corrected chi connectivity index (χ3v) is 5.08. The highest BCUT2D eigenvalue weighted by Crippen LogP contribution is 2.40. The van der Waals surface area contributed by atoms with Crippen LogP contribution in [0.2, 0.25) is 0 Å². The van der Waals surface area contributed by atoms with E-state index in [0.717, 1.165) is 17.4 Å². The van der Waals surface area contributed by atoms with Crippen LogP contribution in [-0.4, -0.2) is 5.78 Å². The second kappa shape index (κ2) is 5.31. The van der Waals surface area contributed by atoms with Crippen LogP contribution in [0.3, 0.4) is 0 Å². The number of carbonyl (C=O) groups is 1. The zero-order valence-electron chi connectivity index (χ0n) is 16.0. The smallest absolute Gasteiger partial charge is 0.186 e. The van der Waals surface area contributed by atoms with E-state index in [9.17, 15) is 4.79 Å². The Morgan fingerprint density at radius 2 is 1.54 bits per heavy atom. The first kappa shape index (κ1) is 17.0. The molecule has 126 valence electrons. The van der Waals surface area contributed by atoms with Gasteiger partial charge in [0.25, 0.3) is 0 Å². The summed E-state index contributed by atoms with van der Waals surface area (Å²) in [5, 5.41) is 2.40. The lowest BCUT2D eigenvalue weighted by atomic mass is 9.75. The Hall–Kier alpha value is -1.89. The van der Waals surface area contributed by atoms with Crippen molar-refractivity contribution in [2.24, 2.45) is 0 Å². The first-order chi connectivity index (χ1) is 11.0. The molecule has 3 rings (SSSR count). The molecule has 1 heteroatoms. The van der Waals surface area contributed by atoms with E-state index in [0.29, 0.717) is 0 Å². The highest BCUT2D eigenvalue weighted by molar-refractivity contribution is 6.21. The molecule has 0 amide bonds. The van der Waals surface area contributed by atoms with Gasteiger partial charge in [0.05, 0.1) is 0 Å². The summed E-state index contributed by atoms with van der Waals surface area (Å²) in [7, 11) is 0. The lowest BCUT2D eigenvalue weighted by Gasteiger charge is -2.28. The lowest BCUT2D eigenvalue weighted by Crippen LogP contribution is -2.18. The van der Waals surface area contributed by atoms with E-state index < -0.39 is 0 Å². The lowest BCUT2D eigenvalue weighted by molar-refractivity contribution is 0.104. The van der Waals surface area contributed by atoms with Crippen LogP contribution in [0.5, 0.6) is 0 Å². The van der Waals surface area contributed by atoms with Gasteiger partial charge in [-0.15, -0.1) is 0 Å². The first-order valence-electron chi connectivity index (χ1n) is 8.91. The first-order valence-corrected chi connectivity index (χ1v) is 8.91. The maximum atomic E-state index is 12.6. The topological polar surface area (TPSA) is 17.1 Å².